The van der Waals surface area contributed by atoms with Gasteiger partial charge in [0.2, 0.25) is 9.84 Å². The van der Waals surface area contributed by atoms with Gasteiger partial charge in [-0.3, -0.25) is 0 Å². The number of ether oxygens (including phenoxy) is 1. The van der Waals surface area contributed by atoms with E-state index in [2.05, 4.69) is 27.4 Å². The lowest BCUT2D eigenvalue weighted by Gasteiger charge is -2.17. The van der Waals surface area contributed by atoms with Gasteiger partial charge in [-0.15, -0.1) is 0 Å². The molecule has 0 aliphatic rings. The molecule has 0 aliphatic heterocycles. The van der Waals surface area contributed by atoms with Gasteiger partial charge >= 0.3 is 0 Å². The van der Waals surface area contributed by atoms with Crippen LogP contribution >= 0.6 is 11.6 Å². The number of nitrogens with zero attached hydrogens (tertiary/aromatic N) is 2. The van der Waals surface area contributed by atoms with Crippen molar-refractivity contribution in [2.45, 2.75) is 44.1 Å². The van der Waals surface area contributed by atoms with Gasteiger partial charge in [-0.25, -0.2) is 18.4 Å². The molecular weight excluding hydrogens is 482 g/mol. The highest BCUT2D eigenvalue weighted by molar-refractivity contribution is 7.91. The molecule has 180 valence electrons. The van der Waals surface area contributed by atoms with Gasteiger partial charge in [0.05, 0.1) is 4.90 Å². The zero-order valence-corrected chi connectivity index (χ0v) is 21.5. The lowest BCUT2D eigenvalue weighted by Crippen LogP contribution is -2.09. The van der Waals surface area contributed by atoms with Crippen molar-refractivity contribution < 1.29 is 13.2 Å². The second-order valence-electron chi connectivity index (χ2n) is 8.45. The lowest BCUT2D eigenvalue weighted by atomic mass is 10.1. The quantitative estimate of drug-likeness (QED) is 0.287. The van der Waals surface area contributed by atoms with Gasteiger partial charge < -0.3 is 10.1 Å². The van der Waals surface area contributed by atoms with Gasteiger partial charge in [0.15, 0.2) is 0 Å². The molecule has 0 atom stereocenters. The van der Waals surface area contributed by atoms with Crippen molar-refractivity contribution in [3.63, 3.8) is 0 Å². The number of aryl methyl sites for hydroxylation is 4. The number of pyridine rings is 2. The van der Waals surface area contributed by atoms with Gasteiger partial charge in [0, 0.05) is 23.1 Å². The Kier molecular flexibility index (Phi) is 7.10. The fourth-order valence-electron chi connectivity index (χ4n) is 3.86. The zero-order chi connectivity index (χ0) is 25.2. The van der Waals surface area contributed by atoms with Gasteiger partial charge in [-0.2, -0.15) is 0 Å². The summed E-state index contributed by atoms with van der Waals surface area (Å²) in [5.74, 6) is 0.722. The zero-order valence-electron chi connectivity index (χ0n) is 20.0. The summed E-state index contributed by atoms with van der Waals surface area (Å²) in [5, 5.41) is 3.68. The van der Waals surface area contributed by atoms with E-state index in [1.165, 1.54) is 6.07 Å². The smallest absolute Gasteiger partial charge is 0.210 e. The van der Waals surface area contributed by atoms with E-state index < -0.39 is 9.84 Å². The van der Waals surface area contributed by atoms with Gasteiger partial charge in [0.25, 0.3) is 0 Å². The summed E-state index contributed by atoms with van der Waals surface area (Å²) in [6, 6.07) is 17.3. The molecule has 0 saturated carbocycles. The number of aromatic nitrogens is 2. The Morgan fingerprint density at radius 2 is 1.69 bits per heavy atom. The molecule has 4 aromatic rings. The van der Waals surface area contributed by atoms with E-state index in [0.717, 1.165) is 27.9 Å². The maximum Gasteiger partial charge on any atom is 0.210 e. The summed E-state index contributed by atoms with van der Waals surface area (Å²) in [6.45, 7) is 8.07. The summed E-state index contributed by atoms with van der Waals surface area (Å²) in [7, 11) is -3.89. The van der Waals surface area contributed by atoms with Crippen LogP contribution in [0.5, 0.6) is 5.75 Å². The average molecular weight is 508 g/mol. The highest BCUT2D eigenvalue weighted by atomic mass is 35.5. The SMILES string of the molecule is Cc1cc(C)c(Nc2nc(C)ccc2S(=O)(=O)c2cccc(OCc3ccc(Cl)nc3)c2)c(C)c1. The molecule has 35 heavy (non-hydrogen) atoms. The van der Waals surface area contributed by atoms with E-state index in [4.69, 9.17) is 16.3 Å². The first-order valence-corrected chi connectivity index (χ1v) is 12.9. The van der Waals surface area contributed by atoms with Crippen LogP contribution in [0.25, 0.3) is 0 Å². The van der Waals surface area contributed by atoms with E-state index in [1.807, 2.05) is 27.7 Å². The van der Waals surface area contributed by atoms with Crippen molar-refractivity contribution in [2.75, 3.05) is 5.32 Å². The summed E-state index contributed by atoms with van der Waals surface area (Å²) in [5.41, 5.74) is 5.55. The van der Waals surface area contributed by atoms with Crippen molar-refractivity contribution in [1.29, 1.82) is 0 Å². The third kappa shape index (κ3) is 5.63. The minimum atomic E-state index is -3.89. The van der Waals surface area contributed by atoms with Crippen molar-refractivity contribution in [3.8, 4) is 5.75 Å². The van der Waals surface area contributed by atoms with Crippen LogP contribution < -0.4 is 10.1 Å². The number of nitrogens with one attached hydrogen (secondary N) is 1. The van der Waals surface area contributed by atoms with Crippen molar-refractivity contribution in [1.82, 2.24) is 9.97 Å². The van der Waals surface area contributed by atoms with Crippen molar-refractivity contribution >= 4 is 32.9 Å². The topological polar surface area (TPSA) is 81.2 Å². The number of benzene rings is 2. The minimum Gasteiger partial charge on any atom is -0.489 e. The van der Waals surface area contributed by atoms with Crippen molar-refractivity contribution in [3.05, 3.63) is 100.0 Å². The highest BCUT2D eigenvalue weighted by Gasteiger charge is 2.24. The van der Waals surface area contributed by atoms with Crippen LogP contribution in [0.1, 0.15) is 27.9 Å². The third-order valence-corrected chi connectivity index (χ3v) is 7.52. The number of rotatable bonds is 7. The molecular formula is C27H26ClN3O3S. The number of hydrogen-bond acceptors (Lipinski definition) is 6. The second-order valence-corrected chi connectivity index (χ2v) is 10.8. The van der Waals surface area contributed by atoms with Crippen LogP contribution in [-0.2, 0) is 16.4 Å². The molecule has 0 radical (unpaired) electrons. The molecule has 0 bridgehead atoms. The van der Waals surface area contributed by atoms with E-state index in [9.17, 15) is 8.42 Å². The predicted octanol–water partition coefficient (Wildman–Crippen LogP) is 6.52. The fourth-order valence-corrected chi connectivity index (χ4v) is 5.36. The van der Waals surface area contributed by atoms with E-state index in [0.29, 0.717) is 22.4 Å². The normalized spacial score (nSPS) is 11.3. The molecule has 1 N–H and O–H groups in total. The summed E-state index contributed by atoms with van der Waals surface area (Å²) in [4.78, 5) is 8.78. The monoisotopic (exact) mass is 507 g/mol. The Balaban J connectivity index is 1.66. The van der Waals surface area contributed by atoms with Crippen LogP contribution in [0.15, 0.2) is 76.7 Å². The van der Waals surface area contributed by atoms with Crippen LogP contribution in [0.4, 0.5) is 11.5 Å². The Morgan fingerprint density at radius 3 is 2.37 bits per heavy atom. The molecule has 0 spiro atoms. The Labute approximate surface area is 210 Å². The predicted molar refractivity (Wildman–Crippen MR) is 138 cm³/mol. The maximum atomic E-state index is 13.7. The van der Waals surface area contributed by atoms with E-state index >= 15 is 0 Å². The lowest BCUT2D eigenvalue weighted by molar-refractivity contribution is 0.305. The molecule has 0 fully saturated rings. The Morgan fingerprint density at radius 1 is 0.943 bits per heavy atom. The van der Waals surface area contributed by atoms with Gasteiger partial charge in [0.1, 0.15) is 28.2 Å². The van der Waals surface area contributed by atoms with E-state index in [-0.39, 0.29) is 16.4 Å². The van der Waals surface area contributed by atoms with Crippen LogP contribution in [-0.4, -0.2) is 18.4 Å². The summed E-state index contributed by atoms with van der Waals surface area (Å²) in [6.07, 6.45) is 1.62. The standard InChI is InChI=1S/C27H26ClN3O3S/c1-17-12-18(2)26(19(3)13-17)31-27-24(10-8-20(4)30-27)35(32,33)23-7-5-6-22(14-23)34-16-21-9-11-25(28)29-15-21/h5-15H,16H2,1-4H3,(H,30,31). The number of anilines is 2. The molecule has 2 aromatic carbocycles. The third-order valence-electron chi connectivity index (χ3n) is 5.52. The molecule has 8 heteroatoms. The number of halogens is 1. The average Bonchev–Trinajstić information content (AvgIpc) is 2.81. The molecule has 2 aromatic heterocycles. The Bertz CT molecular complexity index is 1460. The van der Waals surface area contributed by atoms with Gasteiger partial charge in [-0.1, -0.05) is 41.4 Å². The molecule has 6 nitrogen and oxygen atoms in total. The fraction of sp³-hybridized carbons (Fsp3) is 0.185. The van der Waals surface area contributed by atoms with E-state index in [1.54, 1.807) is 48.7 Å². The minimum absolute atomic E-state index is 0.0986. The maximum absolute atomic E-state index is 13.7. The second kappa shape index (κ2) is 10.1. The first-order valence-electron chi connectivity index (χ1n) is 11.0. The Hall–Kier alpha value is -3.42. The summed E-state index contributed by atoms with van der Waals surface area (Å²) >= 11 is 5.83. The first-order chi connectivity index (χ1) is 16.6. The molecule has 0 saturated heterocycles. The molecule has 0 amide bonds. The largest absolute Gasteiger partial charge is 0.489 e. The molecule has 0 unspecified atom stereocenters. The summed E-state index contributed by atoms with van der Waals surface area (Å²) < 4.78 is 33.2. The molecule has 2 heterocycles. The van der Waals surface area contributed by atoms with Gasteiger partial charge in [-0.05, 0) is 75.2 Å². The molecule has 0 aliphatic carbocycles. The molecule has 4 rings (SSSR count). The van der Waals surface area contributed by atoms with Crippen LogP contribution in [0.2, 0.25) is 5.15 Å². The number of hydrogen-bond donors (Lipinski definition) is 1. The highest BCUT2D eigenvalue weighted by Crippen LogP contribution is 2.33. The van der Waals surface area contributed by atoms with Crippen LogP contribution in [0.3, 0.4) is 0 Å². The van der Waals surface area contributed by atoms with Crippen molar-refractivity contribution in [2.24, 2.45) is 0 Å². The first kappa shape index (κ1) is 24.7. The van der Waals surface area contributed by atoms with Crippen LogP contribution in [0, 0.1) is 27.7 Å². The number of sulfone groups is 1.